The lowest BCUT2D eigenvalue weighted by molar-refractivity contribution is -0.274. The Labute approximate surface area is 228 Å². The number of nitrogens with zero attached hydrogens (tertiary/aromatic N) is 5. The van der Waals surface area contributed by atoms with Crippen molar-refractivity contribution in [3.05, 3.63) is 102 Å². The van der Waals surface area contributed by atoms with Gasteiger partial charge in [0.2, 0.25) is 0 Å². The molecule has 0 saturated carbocycles. The zero-order valence-electron chi connectivity index (χ0n) is 20.7. The average molecular weight is 566 g/mol. The Kier molecular flexibility index (Phi) is 7.41. The Hall–Kier alpha value is -5.60. The quantitative estimate of drug-likeness (QED) is 0.232. The molecule has 2 amide bonds. The first-order valence-electron chi connectivity index (χ1n) is 11.8. The summed E-state index contributed by atoms with van der Waals surface area (Å²) >= 11 is 0. The molecule has 3 N–H and O–H groups in total. The number of nitrogens with one attached hydrogen (secondary N) is 3. The van der Waals surface area contributed by atoms with Gasteiger partial charge in [-0.05, 0) is 77.5 Å². The van der Waals surface area contributed by atoms with Gasteiger partial charge < -0.3 is 10.1 Å². The number of carbonyl (C=O) groups is 2. The number of alkyl halides is 3. The van der Waals surface area contributed by atoms with E-state index in [1.165, 1.54) is 47.1 Å². The number of hydrogen-bond donors (Lipinski definition) is 3. The summed E-state index contributed by atoms with van der Waals surface area (Å²) in [5.74, 6) is -1.88. The second kappa shape index (κ2) is 11.3. The fourth-order valence-corrected chi connectivity index (χ4v) is 3.74. The van der Waals surface area contributed by atoms with Gasteiger partial charge in [-0.2, -0.15) is 10.3 Å². The van der Waals surface area contributed by atoms with Crippen LogP contribution < -0.4 is 15.4 Å². The highest BCUT2D eigenvalue weighted by molar-refractivity contribution is 6.04. The van der Waals surface area contributed by atoms with Crippen molar-refractivity contribution in [1.29, 1.82) is 0 Å². The lowest BCUT2D eigenvalue weighted by Crippen LogP contribution is -2.18. The van der Waals surface area contributed by atoms with Crippen LogP contribution in [0.5, 0.6) is 5.75 Å². The Morgan fingerprint density at radius 3 is 2.24 bits per heavy atom. The molecule has 0 atom stereocenters. The first-order chi connectivity index (χ1) is 19.6. The molecule has 2 aromatic heterocycles. The van der Waals surface area contributed by atoms with Crippen LogP contribution in [-0.4, -0.2) is 48.6 Å². The van der Waals surface area contributed by atoms with E-state index >= 15 is 0 Å². The number of benzene rings is 3. The number of H-pyrrole nitrogens is 1. The van der Waals surface area contributed by atoms with Crippen LogP contribution in [0.2, 0.25) is 0 Å². The molecule has 3 aromatic carbocycles. The molecule has 0 fully saturated rings. The van der Waals surface area contributed by atoms with Crippen LogP contribution in [0.25, 0.3) is 11.3 Å². The summed E-state index contributed by atoms with van der Waals surface area (Å²) in [4.78, 5) is 25.6. The first kappa shape index (κ1) is 27.0. The summed E-state index contributed by atoms with van der Waals surface area (Å²) in [6.07, 6.45) is -4.84. The predicted molar refractivity (Wildman–Crippen MR) is 136 cm³/mol. The number of hydrogen-bond acceptors (Lipinski definition) is 7. The molecule has 5 rings (SSSR count). The number of aromatic amines is 1. The normalized spacial score (nSPS) is 11.2. The highest BCUT2D eigenvalue weighted by Crippen LogP contribution is 2.27. The van der Waals surface area contributed by atoms with E-state index in [9.17, 15) is 27.2 Å². The number of rotatable bonds is 8. The molecule has 0 radical (unpaired) electrons. The van der Waals surface area contributed by atoms with Crippen molar-refractivity contribution < 1.29 is 31.9 Å². The van der Waals surface area contributed by atoms with Crippen molar-refractivity contribution in [2.45, 2.75) is 12.9 Å². The summed E-state index contributed by atoms with van der Waals surface area (Å²) in [5, 5.41) is 22.5. The Morgan fingerprint density at radius 1 is 0.902 bits per heavy atom. The topological polar surface area (TPSA) is 140 Å². The lowest BCUT2D eigenvalue weighted by atomic mass is 10.1. The maximum absolute atomic E-state index is 13.3. The van der Waals surface area contributed by atoms with Crippen LogP contribution in [0.1, 0.15) is 26.4 Å². The van der Waals surface area contributed by atoms with Crippen molar-refractivity contribution in [1.82, 2.24) is 30.4 Å². The number of anilines is 2. The van der Waals surface area contributed by atoms with Gasteiger partial charge in [-0.1, -0.05) is 17.2 Å². The number of ether oxygens (including phenoxy) is 1. The van der Waals surface area contributed by atoms with E-state index in [2.05, 4.69) is 41.1 Å². The Bertz CT molecular complexity index is 1650. The maximum atomic E-state index is 13.3. The van der Waals surface area contributed by atoms with Gasteiger partial charge in [-0.25, -0.2) is 4.39 Å². The van der Waals surface area contributed by atoms with E-state index in [-0.39, 0.29) is 18.2 Å². The summed E-state index contributed by atoms with van der Waals surface area (Å²) < 4.78 is 56.2. The van der Waals surface area contributed by atoms with E-state index in [1.807, 2.05) is 0 Å². The summed E-state index contributed by atoms with van der Waals surface area (Å²) in [6.45, 7) is 0.105. The third-order valence-corrected chi connectivity index (χ3v) is 5.62. The summed E-state index contributed by atoms with van der Waals surface area (Å²) in [5.41, 5.74) is 2.21. The number of tetrazole rings is 1. The zero-order chi connectivity index (χ0) is 29.0. The third-order valence-electron chi connectivity index (χ3n) is 5.62. The standard InChI is InChI=1S/C26H18F4N8O3/c27-18-7-9-19(10-8-18)31-24(40)22-13-21(16-5-11-20(12-6-16)41-26(28,29)30)35-38(22)14-15-1-3-17(4-2-15)23(39)32-25-33-36-37-34-25/h1-13H,14H2,(H,31,40)(H2,32,33,34,36,37,39). The van der Waals surface area contributed by atoms with Crippen molar-refractivity contribution in [2.24, 2.45) is 0 Å². The fraction of sp³-hybridized carbons (Fsp3) is 0.0769. The highest BCUT2D eigenvalue weighted by Gasteiger charge is 2.31. The molecule has 2 heterocycles. The molecule has 0 saturated heterocycles. The van der Waals surface area contributed by atoms with Crippen molar-refractivity contribution >= 4 is 23.5 Å². The van der Waals surface area contributed by atoms with Crippen LogP contribution in [0.3, 0.4) is 0 Å². The molecular weight excluding hydrogens is 548 g/mol. The van der Waals surface area contributed by atoms with Gasteiger partial charge in [0, 0.05) is 16.8 Å². The molecule has 0 aliphatic carbocycles. The molecule has 11 nitrogen and oxygen atoms in total. The van der Waals surface area contributed by atoms with Gasteiger partial charge in [-0.15, -0.1) is 18.3 Å². The van der Waals surface area contributed by atoms with Crippen LogP contribution >= 0.6 is 0 Å². The second-order valence-corrected chi connectivity index (χ2v) is 8.49. The van der Waals surface area contributed by atoms with Gasteiger partial charge in [0.25, 0.3) is 17.8 Å². The van der Waals surface area contributed by atoms with Gasteiger partial charge in [0.15, 0.2) is 0 Å². The van der Waals surface area contributed by atoms with E-state index in [4.69, 9.17) is 0 Å². The molecular formula is C26H18F4N8O3. The average Bonchev–Trinajstić information content (AvgIpc) is 3.60. The van der Waals surface area contributed by atoms with Crippen LogP contribution in [0, 0.1) is 5.82 Å². The molecule has 41 heavy (non-hydrogen) atoms. The van der Waals surface area contributed by atoms with Crippen LogP contribution in [0.4, 0.5) is 29.2 Å². The number of carbonyl (C=O) groups excluding carboxylic acids is 2. The SMILES string of the molecule is O=C(Nc1nn[nH]n1)c1ccc(Cn2nc(-c3ccc(OC(F)(F)F)cc3)cc2C(=O)Nc2ccc(F)cc2)cc1. The van der Waals surface area contributed by atoms with Crippen LogP contribution in [0.15, 0.2) is 78.9 Å². The number of halogens is 4. The lowest BCUT2D eigenvalue weighted by Gasteiger charge is -2.09. The Balaban J connectivity index is 1.40. The largest absolute Gasteiger partial charge is 0.573 e. The molecule has 0 aliphatic rings. The van der Waals surface area contributed by atoms with Crippen LogP contribution in [-0.2, 0) is 6.54 Å². The molecule has 0 spiro atoms. The smallest absolute Gasteiger partial charge is 0.406 e. The van der Waals surface area contributed by atoms with E-state index in [1.54, 1.807) is 24.3 Å². The highest BCUT2D eigenvalue weighted by atomic mass is 19.4. The van der Waals surface area contributed by atoms with Crippen molar-refractivity contribution in [3.63, 3.8) is 0 Å². The van der Waals surface area contributed by atoms with Crippen molar-refractivity contribution in [3.8, 4) is 17.0 Å². The monoisotopic (exact) mass is 566 g/mol. The molecule has 0 aliphatic heterocycles. The number of amides is 2. The van der Waals surface area contributed by atoms with Gasteiger partial charge in [0.05, 0.1) is 12.2 Å². The third kappa shape index (κ3) is 6.89. The second-order valence-electron chi connectivity index (χ2n) is 8.49. The minimum atomic E-state index is -4.84. The maximum Gasteiger partial charge on any atom is 0.573 e. The zero-order valence-corrected chi connectivity index (χ0v) is 20.7. The minimum Gasteiger partial charge on any atom is -0.406 e. The summed E-state index contributed by atoms with van der Waals surface area (Å²) in [6, 6.07) is 18.1. The van der Waals surface area contributed by atoms with E-state index in [0.717, 1.165) is 12.1 Å². The van der Waals surface area contributed by atoms with Gasteiger partial charge >= 0.3 is 6.36 Å². The molecule has 208 valence electrons. The number of aromatic nitrogens is 6. The summed E-state index contributed by atoms with van der Waals surface area (Å²) in [7, 11) is 0. The van der Waals surface area contributed by atoms with Gasteiger partial charge in [0.1, 0.15) is 17.3 Å². The first-order valence-corrected chi connectivity index (χ1v) is 11.8. The minimum absolute atomic E-state index is 0.0120. The predicted octanol–water partition coefficient (Wildman–Crippen LogP) is 4.65. The molecule has 0 bridgehead atoms. The molecule has 0 unspecified atom stereocenters. The van der Waals surface area contributed by atoms with Crippen molar-refractivity contribution in [2.75, 3.05) is 10.6 Å². The molecule has 15 heteroatoms. The molecule has 5 aromatic rings. The Morgan fingerprint density at radius 2 is 1.61 bits per heavy atom. The van der Waals surface area contributed by atoms with E-state index < -0.39 is 29.7 Å². The fourth-order valence-electron chi connectivity index (χ4n) is 3.74. The van der Waals surface area contributed by atoms with Gasteiger partial charge in [-0.3, -0.25) is 19.6 Å². The van der Waals surface area contributed by atoms with E-state index in [0.29, 0.717) is 28.1 Å².